The van der Waals surface area contributed by atoms with E-state index in [4.69, 9.17) is 0 Å². The van der Waals surface area contributed by atoms with E-state index in [-0.39, 0.29) is 11.7 Å². The van der Waals surface area contributed by atoms with Gasteiger partial charge in [-0.25, -0.2) is 0 Å². The van der Waals surface area contributed by atoms with Crippen LogP contribution in [0.25, 0.3) is 0 Å². The molecule has 1 aliphatic heterocycles. The summed E-state index contributed by atoms with van der Waals surface area (Å²) in [5.74, 6) is -0.326. The molecule has 1 rings (SSSR count). The molecule has 2 unspecified atom stereocenters. The highest BCUT2D eigenvalue weighted by Crippen LogP contribution is 2.72. The van der Waals surface area contributed by atoms with E-state index in [2.05, 4.69) is 13.8 Å². The fourth-order valence-corrected chi connectivity index (χ4v) is 8.86. The smallest absolute Gasteiger partial charge is 0.166 e. The van der Waals surface area contributed by atoms with Crippen molar-refractivity contribution >= 4 is 7.26 Å². The van der Waals surface area contributed by atoms with Crippen molar-refractivity contribution in [3.8, 4) is 0 Å². The second-order valence-corrected chi connectivity index (χ2v) is 11.9. The molecule has 1 saturated heterocycles. The third kappa shape index (κ3) is 7.41. The predicted molar refractivity (Wildman–Crippen MR) is 105 cm³/mol. The van der Waals surface area contributed by atoms with Crippen LogP contribution in [0.4, 0.5) is 0 Å². The van der Waals surface area contributed by atoms with Crippen molar-refractivity contribution < 1.29 is 10.2 Å². The molecule has 0 aromatic heterocycles. The molecule has 2 N–H and O–H groups in total. The Morgan fingerprint density at radius 2 is 0.957 bits per heavy atom. The second-order valence-electron chi connectivity index (χ2n) is 7.62. The zero-order chi connectivity index (χ0) is 17.0. The zero-order valence-corrected chi connectivity index (χ0v) is 16.7. The summed E-state index contributed by atoms with van der Waals surface area (Å²) in [4.78, 5) is 0. The Morgan fingerprint density at radius 1 is 0.609 bits per heavy atom. The van der Waals surface area contributed by atoms with Crippen molar-refractivity contribution in [2.45, 2.75) is 115 Å². The molecule has 0 amide bonds. The molecule has 0 saturated carbocycles. The van der Waals surface area contributed by atoms with Gasteiger partial charge in [-0.15, -0.1) is 0 Å². The van der Waals surface area contributed by atoms with Crippen molar-refractivity contribution in [1.82, 2.24) is 0 Å². The normalized spacial score (nSPS) is 23.5. The lowest BCUT2D eigenvalue weighted by atomic mass is 10.1. The molecule has 1 fully saturated rings. The fraction of sp³-hybridized carbons (Fsp3) is 1.00. The maximum absolute atomic E-state index is 10.6. The topological polar surface area (TPSA) is 40.5 Å². The number of aliphatic hydroxyl groups excluding tert-OH is 2. The number of rotatable bonds is 14. The van der Waals surface area contributed by atoms with E-state index in [1.54, 1.807) is 0 Å². The molecule has 0 radical (unpaired) electrons. The minimum absolute atomic E-state index is 0.163. The summed E-state index contributed by atoms with van der Waals surface area (Å²) in [6, 6.07) is 0. The van der Waals surface area contributed by atoms with Crippen LogP contribution in [-0.2, 0) is 0 Å². The van der Waals surface area contributed by atoms with Crippen LogP contribution in [0, 0.1) is 0 Å². The summed E-state index contributed by atoms with van der Waals surface area (Å²) in [7, 11) is -1.53. The van der Waals surface area contributed by atoms with E-state index in [1.807, 2.05) is 0 Å². The zero-order valence-electron chi connectivity index (χ0n) is 15.8. The minimum atomic E-state index is -1.53. The Bertz CT molecular complexity index is 255. The first-order chi connectivity index (χ1) is 11.2. The van der Waals surface area contributed by atoms with E-state index >= 15 is 0 Å². The van der Waals surface area contributed by atoms with Gasteiger partial charge in [0.2, 0.25) is 0 Å². The maximum atomic E-state index is 10.6. The van der Waals surface area contributed by atoms with Crippen LogP contribution in [-0.4, -0.2) is 34.2 Å². The number of unbranched alkanes of at least 4 members (excludes halogenated alkanes) is 10. The lowest BCUT2D eigenvalue weighted by molar-refractivity contribution is 0.237. The van der Waals surface area contributed by atoms with Crippen molar-refractivity contribution in [1.29, 1.82) is 0 Å². The average Bonchev–Trinajstić information content (AvgIpc) is 2.82. The molecule has 0 bridgehead atoms. The molecule has 0 aliphatic carbocycles. The maximum Gasteiger partial charge on any atom is 0.166 e. The van der Waals surface area contributed by atoms with Gasteiger partial charge in [-0.2, -0.15) is 0 Å². The van der Waals surface area contributed by atoms with Gasteiger partial charge in [0, 0.05) is 12.8 Å². The van der Waals surface area contributed by atoms with Gasteiger partial charge in [0.1, 0.15) is 0 Å². The lowest BCUT2D eigenvalue weighted by Gasteiger charge is -2.29. The summed E-state index contributed by atoms with van der Waals surface area (Å²) < 4.78 is 0. The summed E-state index contributed by atoms with van der Waals surface area (Å²) in [6.07, 6.45) is 19.7. The Kier molecular flexibility index (Phi) is 11.8. The first-order valence-electron chi connectivity index (χ1n) is 10.4. The Morgan fingerprint density at radius 3 is 1.35 bits per heavy atom. The van der Waals surface area contributed by atoms with Gasteiger partial charge in [0.15, 0.2) is 11.7 Å². The molecular formula is C20H42O2P+. The highest BCUT2D eigenvalue weighted by atomic mass is 31.2. The minimum Gasteiger partial charge on any atom is -0.359 e. The molecule has 2 nitrogen and oxygen atoms in total. The third-order valence-corrected chi connectivity index (χ3v) is 10.9. The van der Waals surface area contributed by atoms with Crippen molar-refractivity contribution in [3.63, 3.8) is 0 Å². The quantitative estimate of drug-likeness (QED) is 0.292. The molecule has 1 aliphatic rings. The molecular weight excluding hydrogens is 303 g/mol. The lowest BCUT2D eigenvalue weighted by Crippen LogP contribution is -2.21. The standard InChI is InChI=1S/C20H42O2P/c1-3-5-7-9-11-13-17-23(19(21)15-16-20(23)22)18-14-12-10-8-6-4-2/h19-22H,3-18H2,1-2H3/q+1. The highest BCUT2D eigenvalue weighted by Gasteiger charge is 2.54. The van der Waals surface area contributed by atoms with Crippen molar-refractivity contribution in [2.75, 3.05) is 12.3 Å². The first kappa shape index (κ1) is 21.4. The second kappa shape index (κ2) is 12.7. The van der Waals surface area contributed by atoms with Gasteiger partial charge in [0.05, 0.1) is 19.6 Å². The molecule has 0 spiro atoms. The molecule has 2 atom stereocenters. The predicted octanol–water partition coefficient (Wildman–Crippen LogP) is 6.16. The SMILES string of the molecule is CCCCCCCC[P+]1(CCCCCCCC)C(O)CCC1O. The van der Waals surface area contributed by atoms with Gasteiger partial charge in [0.25, 0.3) is 0 Å². The van der Waals surface area contributed by atoms with E-state index in [1.165, 1.54) is 77.0 Å². The van der Waals surface area contributed by atoms with Crippen molar-refractivity contribution in [3.05, 3.63) is 0 Å². The van der Waals surface area contributed by atoms with Crippen LogP contribution < -0.4 is 0 Å². The Balaban J connectivity index is 2.33. The monoisotopic (exact) mass is 345 g/mol. The number of hydrogen-bond donors (Lipinski definition) is 2. The van der Waals surface area contributed by atoms with E-state index in [0.29, 0.717) is 0 Å². The summed E-state index contributed by atoms with van der Waals surface area (Å²) in [5.41, 5.74) is 0. The largest absolute Gasteiger partial charge is 0.359 e. The van der Waals surface area contributed by atoms with Gasteiger partial charge in [-0.05, 0) is 25.7 Å². The highest BCUT2D eigenvalue weighted by molar-refractivity contribution is 7.77. The molecule has 0 aromatic rings. The van der Waals surface area contributed by atoms with E-state index in [0.717, 1.165) is 25.2 Å². The van der Waals surface area contributed by atoms with Gasteiger partial charge >= 0.3 is 0 Å². The van der Waals surface area contributed by atoms with Crippen LogP contribution in [0.2, 0.25) is 0 Å². The molecule has 138 valence electrons. The summed E-state index contributed by atoms with van der Waals surface area (Å²) >= 11 is 0. The summed E-state index contributed by atoms with van der Waals surface area (Å²) in [5, 5.41) is 21.2. The van der Waals surface area contributed by atoms with Crippen LogP contribution >= 0.6 is 7.26 Å². The van der Waals surface area contributed by atoms with Crippen LogP contribution in [0.1, 0.15) is 104 Å². The van der Waals surface area contributed by atoms with Crippen molar-refractivity contribution in [2.24, 2.45) is 0 Å². The average molecular weight is 346 g/mol. The van der Waals surface area contributed by atoms with Gasteiger partial charge < -0.3 is 10.2 Å². The summed E-state index contributed by atoms with van der Waals surface area (Å²) in [6.45, 7) is 4.51. The molecule has 3 heteroatoms. The third-order valence-electron chi connectivity index (χ3n) is 5.73. The van der Waals surface area contributed by atoms with Gasteiger partial charge in [-0.3, -0.25) is 0 Å². The molecule has 0 aromatic carbocycles. The van der Waals surface area contributed by atoms with Gasteiger partial charge in [-0.1, -0.05) is 65.2 Å². The van der Waals surface area contributed by atoms with E-state index < -0.39 is 7.26 Å². The molecule has 1 heterocycles. The Labute approximate surface area is 145 Å². The number of hydrogen-bond acceptors (Lipinski definition) is 2. The van der Waals surface area contributed by atoms with Crippen LogP contribution in [0.5, 0.6) is 0 Å². The van der Waals surface area contributed by atoms with E-state index in [9.17, 15) is 10.2 Å². The van der Waals surface area contributed by atoms with Crippen LogP contribution in [0.15, 0.2) is 0 Å². The van der Waals surface area contributed by atoms with Crippen LogP contribution in [0.3, 0.4) is 0 Å². The Hall–Kier alpha value is 0.350. The first-order valence-corrected chi connectivity index (χ1v) is 12.7. The number of aliphatic hydroxyl groups is 2. The fourth-order valence-electron chi connectivity index (χ4n) is 4.09. The molecule has 23 heavy (non-hydrogen) atoms.